The highest BCUT2D eigenvalue weighted by molar-refractivity contribution is 7.71. The number of hydrogen-bond acceptors (Lipinski definition) is 5. The quantitative estimate of drug-likeness (QED) is 0.740. The van der Waals surface area contributed by atoms with Gasteiger partial charge in [-0.3, -0.25) is 14.2 Å². The number of nitrogens with one attached hydrogen (secondary N) is 1. The molecule has 0 aliphatic rings. The van der Waals surface area contributed by atoms with Gasteiger partial charge in [0.1, 0.15) is 0 Å². The van der Waals surface area contributed by atoms with Gasteiger partial charge in [0, 0.05) is 18.3 Å². The van der Waals surface area contributed by atoms with Crippen LogP contribution in [0.2, 0.25) is 0 Å². The van der Waals surface area contributed by atoms with Crippen molar-refractivity contribution >= 4 is 18.2 Å². The number of ether oxygens (including phenoxy) is 2. The van der Waals surface area contributed by atoms with Gasteiger partial charge in [-0.1, -0.05) is 6.07 Å². The van der Waals surface area contributed by atoms with Crippen molar-refractivity contribution in [1.82, 2.24) is 9.55 Å². The van der Waals surface area contributed by atoms with Gasteiger partial charge in [0.15, 0.2) is 16.3 Å². The molecule has 0 unspecified atom stereocenters. The van der Waals surface area contributed by atoms with Gasteiger partial charge in [0.05, 0.1) is 20.6 Å². The standard InChI is InChI=1S/C16H18N2O5S/c1-22-12-4-3-10(7-13(12)23-2)5-6-18-15(21)11(8-14(19)20)9-17-16(18)24/h3-4,7,9H,5-6,8H2,1-2H3,(H,17,24)(H,19,20). The van der Waals surface area contributed by atoms with E-state index < -0.39 is 5.97 Å². The van der Waals surface area contributed by atoms with E-state index in [4.69, 9.17) is 26.8 Å². The van der Waals surface area contributed by atoms with Crippen molar-refractivity contribution in [2.45, 2.75) is 19.4 Å². The Morgan fingerprint density at radius 2 is 2.00 bits per heavy atom. The van der Waals surface area contributed by atoms with E-state index in [9.17, 15) is 9.59 Å². The zero-order valence-corrected chi connectivity index (χ0v) is 14.2. The number of aromatic amines is 1. The molecular weight excluding hydrogens is 332 g/mol. The summed E-state index contributed by atoms with van der Waals surface area (Å²) in [6, 6.07) is 5.50. The minimum atomic E-state index is -1.07. The summed E-state index contributed by atoms with van der Waals surface area (Å²) in [6.07, 6.45) is 1.54. The molecule has 0 amide bonds. The average molecular weight is 350 g/mol. The molecule has 128 valence electrons. The van der Waals surface area contributed by atoms with Gasteiger partial charge in [-0.15, -0.1) is 0 Å². The second-order valence-electron chi connectivity index (χ2n) is 5.09. The molecule has 0 spiro atoms. The first kappa shape index (κ1) is 17.7. The van der Waals surface area contributed by atoms with Crippen molar-refractivity contribution in [1.29, 1.82) is 0 Å². The smallest absolute Gasteiger partial charge is 0.308 e. The lowest BCUT2D eigenvalue weighted by atomic mass is 10.1. The van der Waals surface area contributed by atoms with E-state index in [0.717, 1.165) is 5.56 Å². The molecule has 2 N–H and O–H groups in total. The van der Waals surface area contributed by atoms with Gasteiger partial charge in [0.2, 0.25) is 0 Å². The van der Waals surface area contributed by atoms with Gasteiger partial charge in [-0.25, -0.2) is 0 Å². The van der Waals surface area contributed by atoms with Crippen molar-refractivity contribution < 1.29 is 19.4 Å². The number of aliphatic carboxylic acids is 1. The van der Waals surface area contributed by atoms with E-state index in [-0.39, 0.29) is 22.3 Å². The average Bonchev–Trinajstić information content (AvgIpc) is 2.56. The Labute approximate surface area is 143 Å². The molecule has 2 aromatic rings. The van der Waals surface area contributed by atoms with Gasteiger partial charge < -0.3 is 19.6 Å². The van der Waals surface area contributed by atoms with Crippen LogP contribution >= 0.6 is 12.2 Å². The number of H-pyrrole nitrogens is 1. The number of carbonyl (C=O) groups is 1. The lowest BCUT2D eigenvalue weighted by Gasteiger charge is -2.11. The van der Waals surface area contributed by atoms with E-state index in [2.05, 4.69) is 4.98 Å². The summed E-state index contributed by atoms with van der Waals surface area (Å²) in [5.41, 5.74) is 0.725. The third kappa shape index (κ3) is 4.02. The SMILES string of the molecule is COc1ccc(CCn2c(=S)[nH]cc(CC(=O)O)c2=O)cc1OC. The molecule has 1 heterocycles. The second kappa shape index (κ2) is 7.78. The number of methoxy groups -OCH3 is 2. The fourth-order valence-electron chi connectivity index (χ4n) is 2.32. The van der Waals surface area contributed by atoms with Crippen molar-refractivity contribution in [3.8, 4) is 11.5 Å². The predicted molar refractivity (Wildman–Crippen MR) is 90.5 cm³/mol. The summed E-state index contributed by atoms with van der Waals surface area (Å²) in [4.78, 5) is 25.9. The van der Waals surface area contributed by atoms with Crippen LogP contribution in [-0.4, -0.2) is 34.8 Å². The number of rotatable bonds is 7. The Morgan fingerprint density at radius 1 is 1.29 bits per heavy atom. The third-order valence-corrected chi connectivity index (χ3v) is 3.89. The van der Waals surface area contributed by atoms with Crippen LogP contribution in [0.4, 0.5) is 0 Å². The van der Waals surface area contributed by atoms with Crippen molar-refractivity contribution in [3.63, 3.8) is 0 Å². The number of carboxylic acid groups (broad SMARTS) is 1. The Morgan fingerprint density at radius 3 is 2.62 bits per heavy atom. The minimum absolute atomic E-state index is 0.170. The van der Waals surface area contributed by atoms with Crippen LogP contribution < -0.4 is 15.0 Å². The van der Waals surface area contributed by atoms with Gasteiger partial charge in [-0.2, -0.15) is 0 Å². The molecule has 0 atom stereocenters. The number of nitrogens with zero attached hydrogens (tertiary/aromatic N) is 1. The number of benzene rings is 1. The predicted octanol–water partition coefficient (Wildman–Crippen LogP) is 1.79. The van der Waals surface area contributed by atoms with Crippen molar-refractivity contribution in [2.24, 2.45) is 0 Å². The molecule has 0 fully saturated rings. The molecule has 1 aromatic carbocycles. The Hall–Kier alpha value is -2.61. The van der Waals surface area contributed by atoms with Crippen LogP contribution in [0.15, 0.2) is 29.2 Å². The monoisotopic (exact) mass is 350 g/mol. The lowest BCUT2D eigenvalue weighted by molar-refractivity contribution is -0.136. The topological polar surface area (TPSA) is 93.5 Å². The maximum absolute atomic E-state index is 12.3. The highest BCUT2D eigenvalue weighted by Crippen LogP contribution is 2.27. The van der Waals surface area contributed by atoms with Crippen LogP contribution in [0.25, 0.3) is 0 Å². The maximum atomic E-state index is 12.3. The van der Waals surface area contributed by atoms with Crippen LogP contribution in [0.5, 0.6) is 11.5 Å². The minimum Gasteiger partial charge on any atom is -0.493 e. The number of carboxylic acids is 1. The van der Waals surface area contributed by atoms with E-state index in [1.165, 1.54) is 10.8 Å². The summed E-state index contributed by atoms with van der Waals surface area (Å²) >= 11 is 5.13. The molecule has 0 saturated carbocycles. The fourth-order valence-corrected chi connectivity index (χ4v) is 2.56. The first-order valence-electron chi connectivity index (χ1n) is 7.20. The molecule has 24 heavy (non-hydrogen) atoms. The molecule has 0 bridgehead atoms. The van der Waals surface area contributed by atoms with Crippen molar-refractivity contribution in [2.75, 3.05) is 14.2 Å². The Kier molecular flexibility index (Phi) is 5.75. The third-order valence-electron chi connectivity index (χ3n) is 3.55. The summed E-state index contributed by atoms with van der Waals surface area (Å²) < 4.78 is 12.1. The van der Waals surface area contributed by atoms with E-state index in [1.54, 1.807) is 20.3 Å². The molecule has 8 heteroatoms. The van der Waals surface area contributed by atoms with E-state index >= 15 is 0 Å². The highest BCUT2D eigenvalue weighted by atomic mass is 32.1. The largest absolute Gasteiger partial charge is 0.493 e. The van der Waals surface area contributed by atoms with Gasteiger partial charge >= 0.3 is 5.97 Å². The Balaban J connectivity index is 2.25. The van der Waals surface area contributed by atoms with Crippen LogP contribution in [0, 0.1) is 4.77 Å². The van der Waals surface area contributed by atoms with Crippen LogP contribution in [0.1, 0.15) is 11.1 Å². The molecule has 1 aromatic heterocycles. The van der Waals surface area contributed by atoms with Crippen LogP contribution in [-0.2, 0) is 24.2 Å². The highest BCUT2D eigenvalue weighted by Gasteiger charge is 2.10. The first-order valence-corrected chi connectivity index (χ1v) is 7.61. The van der Waals surface area contributed by atoms with E-state index in [1.807, 2.05) is 12.1 Å². The molecule has 7 nitrogen and oxygen atoms in total. The van der Waals surface area contributed by atoms with Gasteiger partial charge in [0.25, 0.3) is 5.56 Å². The molecule has 0 radical (unpaired) electrons. The van der Waals surface area contributed by atoms with Gasteiger partial charge in [-0.05, 0) is 36.3 Å². The maximum Gasteiger partial charge on any atom is 0.308 e. The summed E-state index contributed by atoms with van der Waals surface area (Å²) in [5.74, 6) is 0.162. The molecule has 0 aliphatic heterocycles. The van der Waals surface area contributed by atoms with Crippen LogP contribution in [0.3, 0.4) is 0 Å². The molecule has 0 aliphatic carbocycles. The van der Waals surface area contributed by atoms with Crippen molar-refractivity contribution in [3.05, 3.63) is 50.6 Å². The second-order valence-corrected chi connectivity index (χ2v) is 5.47. The zero-order valence-electron chi connectivity index (χ0n) is 13.4. The first-order chi connectivity index (χ1) is 11.5. The molecular formula is C16H18N2O5S. The zero-order chi connectivity index (χ0) is 17.7. The lowest BCUT2D eigenvalue weighted by Crippen LogP contribution is -2.27. The molecule has 2 rings (SSSR count). The number of aromatic nitrogens is 2. The summed E-state index contributed by atoms with van der Waals surface area (Å²) in [7, 11) is 3.11. The normalized spacial score (nSPS) is 10.4. The molecule has 0 saturated heterocycles. The Bertz CT molecular complexity index is 856. The fraction of sp³-hybridized carbons (Fsp3) is 0.312. The summed E-state index contributed by atoms with van der Waals surface area (Å²) in [6.45, 7) is 0.330. The van der Waals surface area contributed by atoms with E-state index in [0.29, 0.717) is 24.5 Å². The number of hydrogen-bond donors (Lipinski definition) is 2. The number of aryl methyl sites for hydroxylation is 1. The summed E-state index contributed by atoms with van der Waals surface area (Å²) in [5, 5.41) is 8.85.